The molecule has 0 aromatic rings. The highest BCUT2D eigenvalue weighted by Gasteiger charge is 2.46. The van der Waals surface area contributed by atoms with Crippen LogP contribution in [0.15, 0.2) is 0 Å². The molecular weight excluding hydrogens is 162 g/mol. The molecule has 3 rings (SSSR count). The summed E-state index contributed by atoms with van der Waals surface area (Å²) in [5.41, 5.74) is 2.96. The average molecular weight is 181 g/mol. The second-order valence-corrected chi connectivity index (χ2v) is 4.90. The van der Waals surface area contributed by atoms with E-state index in [4.69, 9.17) is 5.84 Å². The van der Waals surface area contributed by atoms with Crippen molar-refractivity contribution in [2.45, 2.75) is 62.7 Å². The molecule has 2 bridgehead atoms. The molecule has 0 unspecified atom stereocenters. The van der Waals surface area contributed by atoms with Gasteiger partial charge in [-0.2, -0.15) is 0 Å². The SMILES string of the molecule is NNC1C[C@@H]2CC[C@@H](C1)N2C1CC1. The molecule has 2 atom stereocenters. The Morgan fingerprint density at radius 1 is 0.923 bits per heavy atom. The van der Waals surface area contributed by atoms with Crippen molar-refractivity contribution in [3.63, 3.8) is 0 Å². The van der Waals surface area contributed by atoms with Gasteiger partial charge in [0.2, 0.25) is 0 Å². The van der Waals surface area contributed by atoms with Crippen molar-refractivity contribution in [3.8, 4) is 0 Å². The highest BCUT2D eigenvalue weighted by atomic mass is 15.3. The Kier molecular flexibility index (Phi) is 1.86. The van der Waals surface area contributed by atoms with Crippen LogP contribution in [0.4, 0.5) is 0 Å². The van der Waals surface area contributed by atoms with Crippen LogP contribution in [0.1, 0.15) is 38.5 Å². The van der Waals surface area contributed by atoms with Gasteiger partial charge < -0.3 is 0 Å². The number of nitrogens with two attached hydrogens (primary N) is 1. The highest BCUT2D eigenvalue weighted by molar-refractivity contribution is 5.02. The molecule has 3 heteroatoms. The van der Waals surface area contributed by atoms with Crippen molar-refractivity contribution in [1.29, 1.82) is 0 Å². The largest absolute Gasteiger partial charge is 0.294 e. The van der Waals surface area contributed by atoms with E-state index in [0.717, 1.165) is 18.1 Å². The Labute approximate surface area is 79.6 Å². The molecule has 1 saturated carbocycles. The maximum atomic E-state index is 5.52. The zero-order valence-electron chi connectivity index (χ0n) is 8.08. The second kappa shape index (κ2) is 2.94. The van der Waals surface area contributed by atoms with E-state index in [9.17, 15) is 0 Å². The lowest BCUT2D eigenvalue weighted by atomic mass is 9.98. The molecule has 3 aliphatic rings. The van der Waals surface area contributed by atoms with Gasteiger partial charge in [-0.3, -0.25) is 16.2 Å². The van der Waals surface area contributed by atoms with E-state index in [0.29, 0.717) is 6.04 Å². The molecule has 0 aromatic heterocycles. The van der Waals surface area contributed by atoms with Gasteiger partial charge in [0.25, 0.3) is 0 Å². The van der Waals surface area contributed by atoms with Gasteiger partial charge in [-0.1, -0.05) is 0 Å². The second-order valence-electron chi connectivity index (χ2n) is 4.90. The zero-order valence-corrected chi connectivity index (χ0v) is 8.08. The zero-order chi connectivity index (χ0) is 8.84. The van der Waals surface area contributed by atoms with Crippen LogP contribution in [0, 0.1) is 0 Å². The topological polar surface area (TPSA) is 41.3 Å². The number of rotatable bonds is 2. The third-order valence-corrected chi connectivity index (χ3v) is 3.99. The van der Waals surface area contributed by atoms with E-state index < -0.39 is 0 Å². The molecule has 2 heterocycles. The minimum Gasteiger partial charge on any atom is -0.294 e. The molecule has 1 aliphatic carbocycles. The summed E-state index contributed by atoms with van der Waals surface area (Å²) in [5.74, 6) is 5.52. The molecule has 0 amide bonds. The van der Waals surface area contributed by atoms with Crippen LogP contribution >= 0.6 is 0 Å². The number of hydrogen-bond donors (Lipinski definition) is 2. The Morgan fingerprint density at radius 3 is 1.92 bits per heavy atom. The van der Waals surface area contributed by atoms with Gasteiger partial charge in [-0.15, -0.1) is 0 Å². The predicted octanol–water partition coefficient (Wildman–Crippen LogP) is 0.607. The summed E-state index contributed by atoms with van der Waals surface area (Å²) in [6, 6.07) is 3.25. The number of nitrogens with one attached hydrogen (secondary N) is 1. The molecule has 0 radical (unpaired) electrons. The van der Waals surface area contributed by atoms with Crippen molar-refractivity contribution in [3.05, 3.63) is 0 Å². The van der Waals surface area contributed by atoms with E-state index >= 15 is 0 Å². The first-order valence-corrected chi connectivity index (χ1v) is 5.62. The predicted molar refractivity (Wildman–Crippen MR) is 52.0 cm³/mol. The van der Waals surface area contributed by atoms with Gasteiger partial charge in [0.1, 0.15) is 0 Å². The number of hydrogen-bond acceptors (Lipinski definition) is 3. The van der Waals surface area contributed by atoms with E-state index in [2.05, 4.69) is 10.3 Å². The van der Waals surface area contributed by atoms with Crippen LogP contribution in [-0.2, 0) is 0 Å². The van der Waals surface area contributed by atoms with Gasteiger partial charge >= 0.3 is 0 Å². The van der Waals surface area contributed by atoms with E-state index in [1.165, 1.54) is 38.5 Å². The fourth-order valence-electron chi connectivity index (χ4n) is 3.32. The molecule has 2 aliphatic heterocycles. The summed E-state index contributed by atoms with van der Waals surface area (Å²) >= 11 is 0. The van der Waals surface area contributed by atoms with Crippen molar-refractivity contribution in [2.75, 3.05) is 0 Å². The van der Waals surface area contributed by atoms with Gasteiger partial charge in [0.15, 0.2) is 0 Å². The fourth-order valence-corrected chi connectivity index (χ4v) is 3.32. The summed E-state index contributed by atoms with van der Waals surface area (Å²) in [4.78, 5) is 2.80. The number of piperidine rings is 1. The number of fused-ring (bicyclic) bond motifs is 2. The fraction of sp³-hybridized carbons (Fsp3) is 1.00. The lowest BCUT2D eigenvalue weighted by Gasteiger charge is -2.38. The molecule has 0 aromatic carbocycles. The molecule has 3 fully saturated rings. The quantitative estimate of drug-likeness (QED) is 0.484. The highest BCUT2D eigenvalue weighted by Crippen LogP contribution is 2.43. The molecule has 2 saturated heterocycles. The van der Waals surface area contributed by atoms with Gasteiger partial charge in [-0.25, -0.2) is 0 Å². The van der Waals surface area contributed by atoms with E-state index in [-0.39, 0.29) is 0 Å². The van der Waals surface area contributed by atoms with Gasteiger partial charge in [0, 0.05) is 24.2 Å². The van der Waals surface area contributed by atoms with Crippen molar-refractivity contribution in [1.82, 2.24) is 10.3 Å². The van der Waals surface area contributed by atoms with Crippen LogP contribution in [-0.4, -0.2) is 29.1 Å². The monoisotopic (exact) mass is 181 g/mol. The summed E-state index contributed by atoms with van der Waals surface area (Å²) in [5, 5.41) is 0. The number of hydrazine groups is 1. The Balaban J connectivity index is 1.73. The Morgan fingerprint density at radius 2 is 1.46 bits per heavy atom. The van der Waals surface area contributed by atoms with Gasteiger partial charge in [0.05, 0.1) is 0 Å². The average Bonchev–Trinajstić information content (AvgIpc) is 2.95. The van der Waals surface area contributed by atoms with Gasteiger partial charge in [-0.05, 0) is 38.5 Å². The minimum absolute atomic E-state index is 0.590. The maximum absolute atomic E-state index is 5.52. The normalized spacial score (nSPS) is 45.5. The first-order chi connectivity index (χ1) is 6.38. The first-order valence-electron chi connectivity index (χ1n) is 5.62. The lowest BCUT2D eigenvalue weighted by Crippen LogP contribution is -2.51. The number of nitrogens with zero attached hydrogens (tertiary/aromatic N) is 1. The van der Waals surface area contributed by atoms with Crippen LogP contribution in [0.3, 0.4) is 0 Å². The summed E-state index contributed by atoms with van der Waals surface area (Å²) in [7, 11) is 0. The third-order valence-electron chi connectivity index (χ3n) is 3.99. The molecule has 3 nitrogen and oxygen atoms in total. The van der Waals surface area contributed by atoms with Crippen LogP contribution in [0.2, 0.25) is 0 Å². The summed E-state index contributed by atoms with van der Waals surface area (Å²) in [6.07, 6.45) is 8.30. The maximum Gasteiger partial charge on any atom is 0.0240 e. The molecular formula is C10H19N3. The van der Waals surface area contributed by atoms with E-state index in [1.54, 1.807) is 0 Å². The lowest BCUT2D eigenvalue weighted by molar-refractivity contribution is 0.109. The first kappa shape index (κ1) is 8.21. The minimum atomic E-state index is 0.590. The van der Waals surface area contributed by atoms with E-state index in [1.807, 2.05) is 0 Å². The Bertz CT molecular complexity index is 188. The van der Waals surface area contributed by atoms with Crippen molar-refractivity contribution < 1.29 is 0 Å². The molecule has 74 valence electrons. The standard InChI is InChI=1S/C10H19N3/c11-12-7-5-9-3-4-10(6-7)13(9)8-1-2-8/h7-10,12H,1-6,11H2/t9-,10-/m0/s1. The Hall–Kier alpha value is -0.120. The molecule has 13 heavy (non-hydrogen) atoms. The summed E-state index contributed by atoms with van der Waals surface area (Å²) in [6.45, 7) is 0. The van der Waals surface area contributed by atoms with Crippen molar-refractivity contribution in [2.24, 2.45) is 5.84 Å². The van der Waals surface area contributed by atoms with Crippen molar-refractivity contribution >= 4 is 0 Å². The molecule has 3 N–H and O–H groups in total. The smallest absolute Gasteiger partial charge is 0.0240 e. The molecule has 0 spiro atoms. The third kappa shape index (κ3) is 1.30. The van der Waals surface area contributed by atoms with Crippen LogP contribution < -0.4 is 11.3 Å². The van der Waals surface area contributed by atoms with Crippen LogP contribution in [0.5, 0.6) is 0 Å². The van der Waals surface area contributed by atoms with Crippen LogP contribution in [0.25, 0.3) is 0 Å². The summed E-state index contributed by atoms with van der Waals surface area (Å²) < 4.78 is 0.